The van der Waals surface area contributed by atoms with Crippen molar-refractivity contribution in [1.29, 1.82) is 0 Å². The molecule has 0 saturated carbocycles. The smallest absolute Gasteiger partial charge is 0.143 e. The van der Waals surface area contributed by atoms with Crippen LogP contribution in [0.5, 0.6) is 5.75 Å². The van der Waals surface area contributed by atoms with E-state index in [4.69, 9.17) is 16.3 Å². The summed E-state index contributed by atoms with van der Waals surface area (Å²) in [6.07, 6.45) is 0. The van der Waals surface area contributed by atoms with E-state index in [0.29, 0.717) is 0 Å². The van der Waals surface area contributed by atoms with Crippen molar-refractivity contribution >= 4 is 17.3 Å². The molecule has 5 heteroatoms. The summed E-state index contributed by atoms with van der Waals surface area (Å²) in [5.74, 6) is 0.805. The van der Waals surface area contributed by atoms with Crippen molar-refractivity contribution < 1.29 is 4.74 Å². The Morgan fingerprint density at radius 2 is 1.95 bits per heavy atom. The molecule has 0 unspecified atom stereocenters. The van der Waals surface area contributed by atoms with E-state index in [1.165, 1.54) is 0 Å². The summed E-state index contributed by atoms with van der Waals surface area (Å²) in [7, 11) is 3.85. The van der Waals surface area contributed by atoms with Crippen LogP contribution in [0.4, 0.5) is 5.69 Å². The molecule has 1 heterocycles. The second kappa shape index (κ2) is 7.16. The Bertz CT molecular complexity index is 445. The predicted octanol–water partition coefficient (Wildman–Crippen LogP) is 2.32. The topological polar surface area (TPSA) is 27.7 Å². The van der Waals surface area contributed by atoms with E-state index in [-0.39, 0.29) is 0 Å². The highest BCUT2D eigenvalue weighted by Gasteiger charge is 2.13. The van der Waals surface area contributed by atoms with Crippen molar-refractivity contribution in [2.45, 2.75) is 6.92 Å². The lowest BCUT2D eigenvalue weighted by molar-refractivity contribution is 0.158. The van der Waals surface area contributed by atoms with Crippen LogP contribution in [0.1, 0.15) is 5.56 Å². The molecule has 0 bridgehead atoms. The summed E-state index contributed by atoms with van der Waals surface area (Å²) in [6.45, 7) is 8.59. The zero-order chi connectivity index (χ0) is 14.5. The van der Waals surface area contributed by atoms with Crippen molar-refractivity contribution in [2.24, 2.45) is 0 Å². The van der Waals surface area contributed by atoms with Gasteiger partial charge in [0.25, 0.3) is 0 Å². The van der Waals surface area contributed by atoms with E-state index in [9.17, 15) is 0 Å². The summed E-state index contributed by atoms with van der Waals surface area (Å²) < 4.78 is 5.37. The molecule has 0 atom stereocenters. The monoisotopic (exact) mass is 297 g/mol. The zero-order valence-electron chi connectivity index (χ0n) is 12.6. The van der Waals surface area contributed by atoms with E-state index >= 15 is 0 Å². The van der Waals surface area contributed by atoms with Gasteiger partial charge in [0.1, 0.15) is 5.75 Å². The standard InChI is InChI=1S/C15H24ClN3O/c1-12-10-14(15(20-3)11-13(12)16)17-4-5-19-8-6-18(2)7-9-19/h10-11,17H,4-9H2,1-3H3. The van der Waals surface area contributed by atoms with E-state index in [0.717, 1.165) is 61.3 Å². The van der Waals surface area contributed by atoms with E-state index in [2.05, 4.69) is 22.2 Å². The number of methoxy groups -OCH3 is 1. The molecule has 0 spiro atoms. The van der Waals surface area contributed by atoms with Gasteiger partial charge in [0.05, 0.1) is 12.8 Å². The molecule has 0 radical (unpaired) electrons. The third-order valence-electron chi connectivity index (χ3n) is 3.82. The van der Waals surface area contributed by atoms with Crippen LogP contribution in [0.15, 0.2) is 12.1 Å². The molecule has 1 aliphatic rings. The molecular weight excluding hydrogens is 274 g/mol. The van der Waals surface area contributed by atoms with E-state index in [1.807, 2.05) is 19.1 Å². The number of rotatable bonds is 5. The SMILES string of the molecule is COc1cc(Cl)c(C)cc1NCCN1CCN(C)CC1. The summed E-state index contributed by atoms with van der Waals surface area (Å²) in [4.78, 5) is 4.86. The Balaban J connectivity index is 1.86. The van der Waals surface area contributed by atoms with Gasteiger partial charge in [-0.1, -0.05) is 11.6 Å². The Hall–Kier alpha value is -0.970. The number of piperazine rings is 1. The summed E-state index contributed by atoms with van der Waals surface area (Å²) >= 11 is 6.11. The molecule has 1 aromatic carbocycles. The first-order chi connectivity index (χ1) is 9.60. The predicted molar refractivity (Wildman–Crippen MR) is 85.2 cm³/mol. The maximum absolute atomic E-state index is 6.11. The average molecular weight is 298 g/mol. The Morgan fingerprint density at radius 3 is 2.60 bits per heavy atom. The van der Waals surface area contributed by atoms with E-state index < -0.39 is 0 Å². The summed E-state index contributed by atoms with van der Waals surface area (Å²) in [5.41, 5.74) is 2.08. The van der Waals surface area contributed by atoms with Crippen molar-refractivity contribution in [3.05, 3.63) is 22.7 Å². The number of hydrogen-bond acceptors (Lipinski definition) is 4. The first kappa shape index (κ1) is 15.4. The van der Waals surface area contributed by atoms with Crippen LogP contribution in [-0.4, -0.2) is 63.2 Å². The number of nitrogens with zero attached hydrogens (tertiary/aromatic N) is 2. The van der Waals surface area contributed by atoms with Gasteiger partial charge >= 0.3 is 0 Å². The van der Waals surface area contributed by atoms with Gasteiger partial charge in [0, 0.05) is 50.4 Å². The number of hydrogen-bond donors (Lipinski definition) is 1. The fraction of sp³-hybridized carbons (Fsp3) is 0.600. The number of ether oxygens (including phenoxy) is 1. The first-order valence-electron chi connectivity index (χ1n) is 7.09. The van der Waals surface area contributed by atoms with Gasteiger partial charge < -0.3 is 15.0 Å². The summed E-state index contributed by atoms with van der Waals surface area (Å²) in [6, 6.07) is 3.92. The second-order valence-electron chi connectivity index (χ2n) is 5.37. The maximum Gasteiger partial charge on any atom is 0.143 e. The Morgan fingerprint density at radius 1 is 1.25 bits per heavy atom. The largest absolute Gasteiger partial charge is 0.495 e. The molecule has 0 aromatic heterocycles. The Kier molecular flexibility index (Phi) is 5.52. The van der Waals surface area contributed by atoms with Gasteiger partial charge in [-0.15, -0.1) is 0 Å². The third kappa shape index (κ3) is 4.01. The number of aryl methyl sites for hydroxylation is 1. The molecule has 0 aliphatic carbocycles. The third-order valence-corrected chi connectivity index (χ3v) is 4.23. The molecule has 1 fully saturated rings. The van der Waals surface area contributed by atoms with Crippen LogP contribution in [0.25, 0.3) is 0 Å². The van der Waals surface area contributed by atoms with E-state index in [1.54, 1.807) is 7.11 Å². The van der Waals surface area contributed by atoms with Crippen molar-refractivity contribution in [3.63, 3.8) is 0 Å². The minimum atomic E-state index is 0.742. The lowest BCUT2D eigenvalue weighted by atomic mass is 10.2. The van der Waals surface area contributed by atoms with Crippen LogP contribution in [0.2, 0.25) is 5.02 Å². The maximum atomic E-state index is 6.11. The number of benzene rings is 1. The highest BCUT2D eigenvalue weighted by molar-refractivity contribution is 6.31. The van der Waals surface area contributed by atoms with Crippen LogP contribution >= 0.6 is 11.6 Å². The Labute approximate surface area is 126 Å². The lowest BCUT2D eigenvalue weighted by Gasteiger charge is -2.32. The molecule has 112 valence electrons. The van der Waals surface area contributed by atoms with Gasteiger partial charge in [0.2, 0.25) is 0 Å². The van der Waals surface area contributed by atoms with Crippen LogP contribution in [0.3, 0.4) is 0 Å². The minimum Gasteiger partial charge on any atom is -0.495 e. The average Bonchev–Trinajstić information content (AvgIpc) is 2.44. The van der Waals surface area contributed by atoms with Gasteiger partial charge in [-0.2, -0.15) is 0 Å². The molecule has 1 aliphatic heterocycles. The molecular formula is C15H24ClN3O. The molecule has 1 saturated heterocycles. The van der Waals surface area contributed by atoms with Crippen molar-refractivity contribution in [2.75, 3.05) is 58.7 Å². The van der Waals surface area contributed by atoms with Gasteiger partial charge in [-0.05, 0) is 25.6 Å². The highest BCUT2D eigenvalue weighted by atomic mass is 35.5. The summed E-state index contributed by atoms with van der Waals surface area (Å²) in [5, 5.41) is 4.19. The number of likely N-dealkylation sites (N-methyl/N-ethyl adjacent to an activating group) is 1. The highest BCUT2D eigenvalue weighted by Crippen LogP contribution is 2.30. The van der Waals surface area contributed by atoms with Crippen molar-refractivity contribution in [3.8, 4) is 5.75 Å². The molecule has 20 heavy (non-hydrogen) atoms. The van der Waals surface area contributed by atoms with Gasteiger partial charge in [-0.25, -0.2) is 0 Å². The molecule has 1 aromatic rings. The van der Waals surface area contributed by atoms with Gasteiger partial charge in [-0.3, -0.25) is 4.90 Å². The quantitative estimate of drug-likeness (QED) is 0.903. The number of halogens is 1. The minimum absolute atomic E-state index is 0.742. The fourth-order valence-electron chi connectivity index (χ4n) is 2.39. The van der Waals surface area contributed by atoms with Crippen LogP contribution in [0, 0.1) is 6.92 Å². The second-order valence-corrected chi connectivity index (χ2v) is 5.78. The van der Waals surface area contributed by atoms with Gasteiger partial charge in [0.15, 0.2) is 0 Å². The first-order valence-corrected chi connectivity index (χ1v) is 7.47. The number of anilines is 1. The van der Waals surface area contributed by atoms with Crippen LogP contribution < -0.4 is 10.1 Å². The molecule has 2 rings (SSSR count). The normalized spacial score (nSPS) is 17.2. The lowest BCUT2D eigenvalue weighted by Crippen LogP contribution is -2.45. The van der Waals surface area contributed by atoms with Crippen LogP contribution in [-0.2, 0) is 0 Å². The zero-order valence-corrected chi connectivity index (χ0v) is 13.3. The molecule has 0 amide bonds. The molecule has 1 N–H and O–H groups in total. The van der Waals surface area contributed by atoms with Crippen molar-refractivity contribution in [1.82, 2.24) is 9.80 Å². The molecule has 4 nitrogen and oxygen atoms in total. The fourth-order valence-corrected chi connectivity index (χ4v) is 2.54. The number of nitrogens with one attached hydrogen (secondary N) is 1.